The van der Waals surface area contributed by atoms with Crippen molar-refractivity contribution in [2.75, 3.05) is 0 Å². The summed E-state index contributed by atoms with van der Waals surface area (Å²) in [7, 11) is 0. The molecule has 0 radical (unpaired) electrons. The molecule has 0 aromatic carbocycles. The largest absolute Gasteiger partial charge is 0.435 e. The molecular weight excluding hydrogens is 308 g/mol. The predicted molar refractivity (Wildman–Crippen MR) is 78.0 cm³/mol. The first kappa shape index (κ1) is 15.0. The molecule has 1 heterocycles. The van der Waals surface area contributed by atoms with Crippen LogP contribution in [-0.2, 0) is 14.3 Å². The van der Waals surface area contributed by atoms with Gasteiger partial charge in [0.2, 0.25) is 6.29 Å². The average molecular weight is 331 g/mol. The molecular formula is C15H23BrO3. The highest BCUT2D eigenvalue weighted by Gasteiger charge is 2.55. The lowest BCUT2D eigenvalue weighted by molar-refractivity contribution is -0.182. The molecule has 0 aromatic rings. The number of halogens is 1. The molecule has 2 rings (SSSR count). The SMILES string of the molecule is CC(=O)O[C@H]1O[C@]2(CC[C@H](C)C(C)=C2C)[C@H](C)C1Br. The maximum absolute atomic E-state index is 11.2. The van der Waals surface area contributed by atoms with Crippen molar-refractivity contribution in [3.63, 3.8) is 0 Å². The highest BCUT2D eigenvalue weighted by Crippen LogP contribution is 2.51. The van der Waals surface area contributed by atoms with Crippen LogP contribution in [0.4, 0.5) is 0 Å². The van der Waals surface area contributed by atoms with Gasteiger partial charge in [0, 0.05) is 12.8 Å². The molecule has 5 atom stereocenters. The quantitative estimate of drug-likeness (QED) is 0.416. The van der Waals surface area contributed by atoms with Gasteiger partial charge in [0.25, 0.3) is 0 Å². The molecule has 108 valence electrons. The number of rotatable bonds is 1. The Hall–Kier alpha value is -0.350. The summed E-state index contributed by atoms with van der Waals surface area (Å²) in [6.07, 6.45) is 1.64. The molecule has 1 saturated heterocycles. The Morgan fingerprint density at radius 2 is 2.05 bits per heavy atom. The third-order valence-electron chi connectivity index (χ3n) is 5.00. The third-order valence-corrected chi connectivity index (χ3v) is 6.22. The Labute approximate surface area is 123 Å². The van der Waals surface area contributed by atoms with Gasteiger partial charge in [-0.05, 0) is 38.2 Å². The molecule has 0 aromatic heterocycles. The minimum atomic E-state index is -0.483. The lowest BCUT2D eigenvalue weighted by atomic mass is 9.70. The van der Waals surface area contributed by atoms with Gasteiger partial charge in [-0.3, -0.25) is 4.79 Å². The Morgan fingerprint density at radius 1 is 1.42 bits per heavy atom. The van der Waals surface area contributed by atoms with Crippen molar-refractivity contribution in [1.29, 1.82) is 0 Å². The van der Waals surface area contributed by atoms with E-state index in [9.17, 15) is 4.79 Å². The van der Waals surface area contributed by atoms with E-state index in [4.69, 9.17) is 9.47 Å². The standard InChI is InChI=1S/C15H23BrO3/c1-8-6-7-15(10(3)9(8)2)11(4)13(16)14(19-15)18-12(5)17/h8,11,13-14H,6-7H2,1-5H3/t8-,11+,13?,14-,15-/m0/s1. The number of esters is 1. The number of ether oxygens (including phenoxy) is 2. The van der Waals surface area contributed by atoms with E-state index in [-0.39, 0.29) is 16.4 Å². The fourth-order valence-corrected chi connectivity index (χ4v) is 4.02. The van der Waals surface area contributed by atoms with E-state index in [1.54, 1.807) is 0 Å². The second-order valence-corrected chi connectivity index (χ2v) is 7.02. The van der Waals surface area contributed by atoms with Crippen LogP contribution in [0.25, 0.3) is 0 Å². The Morgan fingerprint density at radius 3 is 2.63 bits per heavy atom. The zero-order chi connectivity index (χ0) is 14.4. The molecule has 3 nitrogen and oxygen atoms in total. The van der Waals surface area contributed by atoms with Crippen molar-refractivity contribution in [1.82, 2.24) is 0 Å². The van der Waals surface area contributed by atoms with Gasteiger partial charge in [0.1, 0.15) is 0 Å². The van der Waals surface area contributed by atoms with Crippen molar-refractivity contribution in [3.8, 4) is 0 Å². The minimum Gasteiger partial charge on any atom is -0.435 e. The van der Waals surface area contributed by atoms with Crippen molar-refractivity contribution < 1.29 is 14.3 Å². The number of carbonyl (C=O) groups excluding carboxylic acids is 1. The summed E-state index contributed by atoms with van der Waals surface area (Å²) >= 11 is 3.65. The Balaban J connectivity index is 2.32. The van der Waals surface area contributed by atoms with Crippen LogP contribution in [0.3, 0.4) is 0 Å². The summed E-state index contributed by atoms with van der Waals surface area (Å²) in [5.41, 5.74) is 2.46. The zero-order valence-electron chi connectivity index (χ0n) is 12.3. The first-order valence-corrected chi connectivity index (χ1v) is 7.88. The van der Waals surface area contributed by atoms with Crippen molar-refractivity contribution in [2.45, 2.75) is 64.2 Å². The molecule has 1 fully saturated rings. The smallest absolute Gasteiger partial charge is 0.304 e. The molecule has 4 heteroatoms. The number of hydrogen-bond acceptors (Lipinski definition) is 3. The fourth-order valence-electron chi connectivity index (χ4n) is 3.38. The lowest BCUT2D eigenvalue weighted by Crippen LogP contribution is -2.41. The van der Waals surface area contributed by atoms with Gasteiger partial charge in [-0.1, -0.05) is 35.4 Å². The van der Waals surface area contributed by atoms with Gasteiger partial charge in [0.15, 0.2) is 0 Å². The second kappa shape index (κ2) is 5.21. The van der Waals surface area contributed by atoms with Gasteiger partial charge >= 0.3 is 5.97 Å². The van der Waals surface area contributed by atoms with E-state index in [1.807, 2.05) is 0 Å². The lowest BCUT2D eigenvalue weighted by Gasteiger charge is -2.41. The first-order chi connectivity index (χ1) is 8.79. The highest BCUT2D eigenvalue weighted by atomic mass is 79.9. The summed E-state index contributed by atoms with van der Waals surface area (Å²) in [6.45, 7) is 10.2. The van der Waals surface area contributed by atoms with Crippen LogP contribution in [0.5, 0.6) is 0 Å². The van der Waals surface area contributed by atoms with Gasteiger partial charge in [-0.25, -0.2) is 0 Å². The average Bonchev–Trinajstić information content (AvgIpc) is 2.58. The van der Waals surface area contributed by atoms with Crippen LogP contribution in [0.1, 0.15) is 47.5 Å². The van der Waals surface area contributed by atoms with E-state index in [0.29, 0.717) is 11.8 Å². The van der Waals surface area contributed by atoms with Crippen LogP contribution in [0, 0.1) is 11.8 Å². The van der Waals surface area contributed by atoms with Crippen molar-refractivity contribution >= 4 is 21.9 Å². The summed E-state index contributed by atoms with van der Waals surface area (Å²) in [6, 6.07) is 0. The monoisotopic (exact) mass is 330 g/mol. The second-order valence-electron chi connectivity index (χ2n) is 5.97. The van der Waals surface area contributed by atoms with Crippen molar-refractivity contribution in [3.05, 3.63) is 11.1 Å². The van der Waals surface area contributed by atoms with E-state index in [1.165, 1.54) is 18.1 Å². The van der Waals surface area contributed by atoms with E-state index in [2.05, 4.69) is 43.6 Å². The molecule has 1 aliphatic carbocycles. The fraction of sp³-hybridized carbons (Fsp3) is 0.800. The van der Waals surface area contributed by atoms with Gasteiger partial charge < -0.3 is 9.47 Å². The Bertz CT molecular complexity index is 418. The van der Waals surface area contributed by atoms with Gasteiger partial charge in [-0.15, -0.1) is 0 Å². The summed E-state index contributed by atoms with van der Waals surface area (Å²) < 4.78 is 11.5. The molecule has 0 saturated carbocycles. The molecule has 2 aliphatic rings. The molecule has 19 heavy (non-hydrogen) atoms. The number of allylic oxidation sites excluding steroid dienone is 1. The van der Waals surface area contributed by atoms with Crippen LogP contribution in [0.15, 0.2) is 11.1 Å². The molecule has 0 amide bonds. The summed E-state index contributed by atoms with van der Waals surface area (Å²) in [4.78, 5) is 11.2. The van der Waals surface area contributed by atoms with E-state index in [0.717, 1.165) is 12.8 Å². The van der Waals surface area contributed by atoms with Crippen molar-refractivity contribution in [2.24, 2.45) is 11.8 Å². The molecule has 0 N–H and O–H groups in total. The van der Waals surface area contributed by atoms with Gasteiger partial charge in [-0.2, -0.15) is 0 Å². The van der Waals surface area contributed by atoms with Crippen LogP contribution >= 0.6 is 15.9 Å². The minimum absolute atomic E-state index is 0.0487. The first-order valence-electron chi connectivity index (χ1n) is 6.96. The van der Waals surface area contributed by atoms with Gasteiger partial charge in [0.05, 0.1) is 10.4 Å². The van der Waals surface area contributed by atoms with E-state index >= 15 is 0 Å². The third kappa shape index (κ3) is 2.38. The summed E-state index contributed by atoms with van der Waals surface area (Å²) in [5, 5.41) is 0. The predicted octanol–water partition coefficient (Wildman–Crippen LogP) is 3.81. The van der Waals surface area contributed by atoms with E-state index < -0.39 is 6.29 Å². The molecule has 1 aliphatic heterocycles. The van der Waals surface area contributed by atoms with Crippen LogP contribution in [0.2, 0.25) is 0 Å². The maximum atomic E-state index is 11.2. The van der Waals surface area contributed by atoms with Crippen LogP contribution in [-0.4, -0.2) is 22.7 Å². The van der Waals surface area contributed by atoms with Crippen LogP contribution < -0.4 is 0 Å². The normalized spacial score (nSPS) is 42.8. The molecule has 1 spiro atoms. The molecule has 1 unspecified atom stereocenters. The number of hydrogen-bond donors (Lipinski definition) is 0. The number of alkyl halides is 1. The topological polar surface area (TPSA) is 35.5 Å². The highest BCUT2D eigenvalue weighted by molar-refractivity contribution is 9.09. The zero-order valence-corrected chi connectivity index (χ0v) is 13.9. The Kier molecular flexibility index (Phi) is 4.12. The maximum Gasteiger partial charge on any atom is 0.304 e. The summed E-state index contributed by atoms with van der Waals surface area (Å²) in [5.74, 6) is 0.614. The molecule has 0 bridgehead atoms. The number of carbonyl (C=O) groups is 1.